The lowest BCUT2D eigenvalue weighted by atomic mass is 10.1. The first-order valence-corrected chi connectivity index (χ1v) is 13.7. The highest BCUT2D eigenvalue weighted by Crippen LogP contribution is 2.28. The van der Waals surface area contributed by atoms with E-state index in [-0.39, 0.29) is 23.1 Å². The Bertz CT molecular complexity index is 1170. The van der Waals surface area contributed by atoms with Crippen LogP contribution in [0.25, 0.3) is 0 Å². The molecule has 0 aromatic heterocycles. The van der Waals surface area contributed by atoms with Crippen LogP contribution in [0.15, 0.2) is 47.4 Å². The number of hydrogen-bond acceptors (Lipinski definition) is 5. The molecule has 2 aliphatic heterocycles. The summed E-state index contributed by atoms with van der Waals surface area (Å²) in [5.41, 5.74) is 1.63. The summed E-state index contributed by atoms with van der Waals surface area (Å²) in [6, 6.07) is 11.9. The number of hydrogen-bond donors (Lipinski definition) is 1. The third kappa shape index (κ3) is 5.85. The average Bonchev–Trinajstić information content (AvgIpc) is 3.44. The van der Waals surface area contributed by atoms with Crippen LogP contribution in [-0.4, -0.2) is 62.7 Å². The van der Waals surface area contributed by atoms with E-state index in [1.807, 2.05) is 4.90 Å². The highest BCUT2D eigenvalue weighted by Gasteiger charge is 2.28. The molecule has 1 N–H and O–H groups in total. The molecule has 0 aliphatic carbocycles. The van der Waals surface area contributed by atoms with Crippen LogP contribution in [0.3, 0.4) is 0 Å². The first-order valence-electron chi connectivity index (χ1n) is 12.3. The van der Waals surface area contributed by atoms with E-state index >= 15 is 0 Å². The number of anilines is 1. The van der Waals surface area contributed by atoms with Crippen LogP contribution in [0.2, 0.25) is 0 Å². The van der Waals surface area contributed by atoms with Crippen LogP contribution in [-0.2, 0) is 21.2 Å². The maximum atomic E-state index is 13.0. The van der Waals surface area contributed by atoms with Crippen LogP contribution < -0.4 is 10.1 Å². The number of methoxy groups -OCH3 is 1. The smallest absolute Gasteiger partial charge is 0.255 e. The Morgan fingerprint density at radius 1 is 0.943 bits per heavy atom. The molecule has 2 aliphatic rings. The van der Waals surface area contributed by atoms with Gasteiger partial charge in [-0.15, -0.1) is 0 Å². The van der Waals surface area contributed by atoms with Crippen molar-refractivity contribution < 1.29 is 22.7 Å². The van der Waals surface area contributed by atoms with E-state index < -0.39 is 10.0 Å². The average molecular weight is 500 g/mol. The number of para-hydroxylation sites is 1. The van der Waals surface area contributed by atoms with Crippen molar-refractivity contribution >= 4 is 27.5 Å². The lowest BCUT2D eigenvalue weighted by molar-refractivity contribution is -0.116. The predicted octanol–water partition coefficient (Wildman–Crippen LogP) is 3.68. The van der Waals surface area contributed by atoms with Gasteiger partial charge in [-0.05, 0) is 74.4 Å². The number of piperidine rings is 1. The SMILES string of the molecule is COc1ccc(S(=O)(=O)N2CCCC2)cc1CCC(=O)Nc1ccccc1C(=O)N1CCCCC1. The fourth-order valence-corrected chi connectivity index (χ4v) is 6.26. The monoisotopic (exact) mass is 499 g/mol. The minimum Gasteiger partial charge on any atom is -0.496 e. The van der Waals surface area contributed by atoms with Crippen molar-refractivity contribution in [2.24, 2.45) is 0 Å². The van der Waals surface area contributed by atoms with E-state index in [0.717, 1.165) is 45.2 Å². The van der Waals surface area contributed by atoms with Gasteiger partial charge in [-0.1, -0.05) is 12.1 Å². The molecule has 2 saturated heterocycles. The first-order chi connectivity index (χ1) is 16.9. The van der Waals surface area contributed by atoms with Crippen molar-refractivity contribution in [3.05, 3.63) is 53.6 Å². The maximum absolute atomic E-state index is 13.0. The fraction of sp³-hybridized carbons (Fsp3) is 0.462. The zero-order valence-electron chi connectivity index (χ0n) is 20.2. The molecule has 4 rings (SSSR count). The van der Waals surface area contributed by atoms with Crippen LogP contribution >= 0.6 is 0 Å². The molecule has 0 saturated carbocycles. The molecule has 0 radical (unpaired) electrons. The molecule has 35 heavy (non-hydrogen) atoms. The standard InChI is InChI=1S/C26H33N3O5S/c1-34-24-13-12-21(35(32,33)29-17-7-8-18-29)19-20(24)11-14-25(30)27-23-10-4-3-9-22(23)26(31)28-15-5-2-6-16-28/h3-4,9-10,12-13,19H,2,5-8,11,14-18H2,1H3,(H,27,30). The summed E-state index contributed by atoms with van der Waals surface area (Å²) >= 11 is 0. The minimum atomic E-state index is -3.56. The molecular weight excluding hydrogens is 466 g/mol. The zero-order chi connectivity index (χ0) is 24.8. The Morgan fingerprint density at radius 2 is 1.63 bits per heavy atom. The van der Waals surface area contributed by atoms with E-state index in [4.69, 9.17) is 4.74 Å². The van der Waals surface area contributed by atoms with E-state index in [0.29, 0.717) is 42.1 Å². The summed E-state index contributed by atoms with van der Waals surface area (Å²) in [6.45, 7) is 2.53. The number of carbonyl (C=O) groups excluding carboxylic acids is 2. The molecule has 2 aromatic carbocycles. The summed E-state index contributed by atoms with van der Waals surface area (Å²) in [4.78, 5) is 27.9. The number of sulfonamides is 1. The van der Waals surface area contributed by atoms with Gasteiger partial charge in [0.1, 0.15) is 5.75 Å². The van der Waals surface area contributed by atoms with Crippen molar-refractivity contribution in [2.45, 2.75) is 49.8 Å². The quantitative estimate of drug-likeness (QED) is 0.598. The Balaban J connectivity index is 1.45. The largest absolute Gasteiger partial charge is 0.496 e. The molecule has 2 heterocycles. The summed E-state index contributed by atoms with van der Waals surface area (Å²) in [5.74, 6) is 0.222. The molecule has 188 valence electrons. The lowest BCUT2D eigenvalue weighted by Crippen LogP contribution is -2.36. The summed E-state index contributed by atoms with van der Waals surface area (Å²) in [7, 11) is -2.04. The highest BCUT2D eigenvalue weighted by atomic mass is 32.2. The van der Waals surface area contributed by atoms with Crippen molar-refractivity contribution in [3.63, 3.8) is 0 Å². The summed E-state index contributed by atoms with van der Waals surface area (Å²) in [6.07, 6.45) is 5.28. The van der Waals surface area contributed by atoms with Gasteiger partial charge in [0.2, 0.25) is 15.9 Å². The van der Waals surface area contributed by atoms with Crippen molar-refractivity contribution in [3.8, 4) is 5.75 Å². The molecule has 2 fully saturated rings. The minimum absolute atomic E-state index is 0.0675. The second-order valence-electron chi connectivity index (χ2n) is 9.03. The van der Waals surface area contributed by atoms with Gasteiger partial charge in [0, 0.05) is 32.6 Å². The molecule has 0 unspecified atom stereocenters. The number of nitrogens with zero attached hydrogens (tertiary/aromatic N) is 2. The third-order valence-electron chi connectivity index (χ3n) is 6.65. The zero-order valence-corrected chi connectivity index (χ0v) is 21.0. The topological polar surface area (TPSA) is 96.0 Å². The lowest BCUT2D eigenvalue weighted by Gasteiger charge is -2.27. The Hall–Kier alpha value is -2.91. The van der Waals surface area contributed by atoms with Crippen molar-refractivity contribution in [2.75, 3.05) is 38.6 Å². The molecule has 2 amide bonds. The van der Waals surface area contributed by atoms with E-state index in [1.54, 1.807) is 42.5 Å². The van der Waals surface area contributed by atoms with Crippen LogP contribution in [0.4, 0.5) is 5.69 Å². The van der Waals surface area contributed by atoms with Gasteiger partial charge < -0.3 is 15.0 Å². The second kappa shape index (κ2) is 11.2. The van der Waals surface area contributed by atoms with Crippen molar-refractivity contribution in [1.82, 2.24) is 9.21 Å². The van der Waals surface area contributed by atoms with Crippen LogP contribution in [0.5, 0.6) is 5.75 Å². The number of ether oxygens (including phenoxy) is 1. The second-order valence-corrected chi connectivity index (χ2v) is 11.0. The number of nitrogens with one attached hydrogen (secondary N) is 1. The van der Waals surface area contributed by atoms with E-state index in [1.165, 1.54) is 11.4 Å². The van der Waals surface area contributed by atoms with Gasteiger partial charge in [-0.25, -0.2) is 8.42 Å². The number of likely N-dealkylation sites (tertiary alicyclic amines) is 1. The van der Waals surface area contributed by atoms with E-state index in [9.17, 15) is 18.0 Å². The Labute approximate surface area is 207 Å². The van der Waals surface area contributed by atoms with Gasteiger partial charge in [0.25, 0.3) is 5.91 Å². The van der Waals surface area contributed by atoms with Crippen molar-refractivity contribution in [1.29, 1.82) is 0 Å². The number of carbonyl (C=O) groups is 2. The molecule has 9 heteroatoms. The number of amides is 2. The van der Waals surface area contributed by atoms with Gasteiger partial charge in [-0.3, -0.25) is 9.59 Å². The van der Waals surface area contributed by atoms with E-state index in [2.05, 4.69) is 5.32 Å². The van der Waals surface area contributed by atoms with Gasteiger partial charge in [0.15, 0.2) is 0 Å². The Morgan fingerprint density at radius 3 is 2.34 bits per heavy atom. The normalized spacial score (nSPS) is 16.8. The number of rotatable bonds is 8. The third-order valence-corrected chi connectivity index (χ3v) is 8.55. The molecule has 0 spiro atoms. The van der Waals surface area contributed by atoms with Gasteiger partial charge in [-0.2, -0.15) is 4.31 Å². The molecule has 0 atom stereocenters. The molecule has 0 bridgehead atoms. The van der Waals surface area contributed by atoms with Crippen LogP contribution in [0, 0.1) is 0 Å². The summed E-state index contributed by atoms with van der Waals surface area (Å²) < 4.78 is 32.9. The predicted molar refractivity (Wildman–Crippen MR) is 134 cm³/mol. The molecule has 8 nitrogen and oxygen atoms in total. The fourth-order valence-electron chi connectivity index (χ4n) is 4.70. The molecular formula is C26H33N3O5S. The van der Waals surface area contributed by atoms with Crippen LogP contribution in [0.1, 0.15) is 54.4 Å². The molecule has 2 aromatic rings. The van der Waals surface area contributed by atoms with Gasteiger partial charge in [0.05, 0.1) is 23.3 Å². The first kappa shape index (κ1) is 25.2. The summed E-state index contributed by atoms with van der Waals surface area (Å²) in [5, 5.41) is 2.87. The number of aryl methyl sites for hydroxylation is 1. The Kier molecular flexibility index (Phi) is 8.07. The van der Waals surface area contributed by atoms with Gasteiger partial charge >= 0.3 is 0 Å². The maximum Gasteiger partial charge on any atom is 0.255 e. The highest BCUT2D eigenvalue weighted by molar-refractivity contribution is 7.89. The number of benzene rings is 2.